The van der Waals surface area contributed by atoms with E-state index in [2.05, 4.69) is 6.07 Å². The number of hydrogen-bond acceptors (Lipinski definition) is 2. The van der Waals surface area contributed by atoms with Crippen molar-refractivity contribution in [1.29, 1.82) is 5.26 Å². The molecule has 0 aliphatic heterocycles. The molecule has 15 heavy (non-hydrogen) atoms. The molecule has 0 radical (unpaired) electrons. The van der Waals surface area contributed by atoms with Gasteiger partial charge in [-0.25, -0.2) is 0 Å². The van der Waals surface area contributed by atoms with Gasteiger partial charge in [-0.3, -0.25) is 4.79 Å². The second kappa shape index (κ2) is 4.97. The van der Waals surface area contributed by atoms with Gasteiger partial charge in [0, 0.05) is 20.2 Å². The maximum Gasteiger partial charge on any atom is 0.246 e. The number of hydrogen-bond donors (Lipinski definition) is 0. The van der Waals surface area contributed by atoms with Gasteiger partial charge < -0.3 is 4.90 Å². The van der Waals surface area contributed by atoms with Gasteiger partial charge in [-0.05, 0) is 17.7 Å². The fourth-order valence-corrected chi connectivity index (χ4v) is 1.05. The van der Waals surface area contributed by atoms with E-state index in [-0.39, 0.29) is 5.91 Å². The number of nitrogens with zero attached hydrogens (tertiary/aromatic N) is 2. The van der Waals surface area contributed by atoms with E-state index < -0.39 is 0 Å². The maximum atomic E-state index is 11.3. The lowest BCUT2D eigenvalue weighted by Crippen LogP contribution is -2.18. The van der Waals surface area contributed by atoms with Crippen LogP contribution in [0.5, 0.6) is 0 Å². The summed E-state index contributed by atoms with van der Waals surface area (Å²) in [6.07, 6.45) is 3.11. The SMILES string of the molecule is CN(C)C(=O)/C=C/c1ccccc1C#N. The van der Waals surface area contributed by atoms with Crippen LogP contribution in [0.15, 0.2) is 30.3 Å². The number of carbonyl (C=O) groups excluding carboxylic acids is 1. The number of carbonyl (C=O) groups is 1. The summed E-state index contributed by atoms with van der Waals surface area (Å²) in [4.78, 5) is 12.7. The highest BCUT2D eigenvalue weighted by Gasteiger charge is 1.99. The Morgan fingerprint density at radius 1 is 1.40 bits per heavy atom. The van der Waals surface area contributed by atoms with Gasteiger partial charge in [0.2, 0.25) is 5.91 Å². The third-order valence-corrected chi connectivity index (χ3v) is 1.93. The van der Waals surface area contributed by atoms with Crippen molar-refractivity contribution in [3.63, 3.8) is 0 Å². The van der Waals surface area contributed by atoms with E-state index in [1.807, 2.05) is 6.07 Å². The van der Waals surface area contributed by atoms with Crippen LogP contribution >= 0.6 is 0 Å². The van der Waals surface area contributed by atoms with Gasteiger partial charge >= 0.3 is 0 Å². The molecule has 0 spiro atoms. The molecule has 3 nitrogen and oxygen atoms in total. The molecule has 0 bridgehead atoms. The first-order valence-corrected chi connectivity index (χ1v) is 4.53. The summed E-state index contributed by atoms with van der Waals surface area (Å²) in [6, 6.07) is 9.23. The van der Waals surface area contributed by atoms with E-state index in [1.165, 1.54) is 11.0 Å². The fraction of sp³-hybridized carbons (Fsp3) is 0.167. The number of nitriles is 1. The summed E-state index contributed by atoms with van der Waals surface area (Å²) in [5.41, 5.74) is 1.33. The van der Waals surface area contributed by atoms with E-state index >= 15 is 0 Å². The average molecular weight is 200 g/mol. The highest BCUT2D eigenvalue weighted by atomic mass is 16.2. The molecule has 0 heterocycles. The number of benzene rings is 1. The van der Waals surface area contributed by atoms with Crippen molar-refractivity contribution in [3.8, 4) is 6.07 Å². The lowest BCUT2D eigenvalue weighted by molar-refractivity contribution is -0.123. The summed E-state index contributed by atoms with van der Waals surface area (Å²) in [5.74, 6) is -0.0947. The number of amides is 1. The molecular formula is C12H12N2O. The molecule has 0 N–H and O–H groups in total. The molecule has 0 fully saturated rings. The first-order chi connectivity index (χ1) is 7.15. The zero-order valence-corrected chi connectivity index (χ0v) is 8.77. The Labute approximate surface area is 89.2 Å². The molecule has 1 aromatic carbocycles. The summed E-state index contributed by atoms with van der Waals surface area (Å²) < 4.78 is 0. The number of likely N-dealkylation sites (N-methyl/N-ethyl adjacent to an activating group) is 1. The lowest BCUT2D eigenvalue weighted by Gasteiger charge is -2.05. The minimum absolute atomic E-state index is 0.0947. The van der Waals surface area contributed by atoms with Crippen LogP contribution in [0.4, 0.5) is 0 Å². The maximum absolute atomic E-state index is 11.3. The molecule has 0 unspecified atom stereocenters. The van der Waals surface area contributed by atoms with Gasteiger partial charge in [0.15, 0.2) is 0 Å². The average Bonchev–Trinajstić information content (AvgIpc) is 2.26. The monoisotopic (exact) mass is 200 g/mol. The molecule has 76 valence electrons. The minimum Gasteiger partial charge on any atom is -0.345 e. The quantitative estimate of drug-likeness (QED) is 0.681. The molecule has 0 aliphatic carbocycles. The molecule has 0 aromatic heterocycles. The minimum atomic E-state index is -0.0947. The molecular weight excluding hydrogens is 188 g/mol. The van der Waals surface area contributed by atoms with Crippen LogP contribution in [0.25, 0.3) is 6.08 Å². The van der Waals surface area contributed by atoms with Gasteiger partial charge in [0.1, 0.15) is 0 Å². The Kier molecular flexibility index (Phi) is 3.64. The summed E-state index contributed by atoms with van der Waals surface area (Å²) >= 11 is 0. The van der Waals surface area contributed by atoms with Crippen molar-refractivity contribution in [2.45, 2.75) is 0 Å². The van der Waals surface area contributed by atoms with Crippen LogP contribution in [-0.4, -0.2) is 24.9 Å². The molecule has 1 rings (SSSR count). The first-order valence-electron chi connectivity index (χ1n) is 4.53. The highest BCUT2D eigenvalue weighted by molar-refractivity contribution is 5.91. The van der Waals surface area contributed by atoms with Crippen LogP contribution in [0, 0.1) is 11.3 Å². The van der Waals surface area contributed by atoms with Gasteiger partial charge in [-0.1, -0.05) is 18.2 Å². The summed E-state index contributed by atoms with van der Waals surface area (Å²) in [7, 11) is 3.37. The Morgan fingerprint density at radius 2 is 2.07 bits per heavy atom. The Hall–Kier alpha value is -2.08. The van der Waals surface area contributed by atoms with Crippen molar-refractivity contribution < 1.29 is 4.79 Å². The van der Waals surface area contributed by atoms with E-state index in [0.717, 1.165) is 5.56 Å². The zero-order valence-electron chi connectivity index (χ0n) is 8.77. The normalized spacial score (nSPS) is 9.93. The Balaban J connectivity index is 2.90. The van der Waals surface area contributed by atoms with Crippen molar-refractivity contribution in [2.24, 2.45) is 0 Å². The molecule has 3 heteroatoms. The summed E-state index contributed by atoms with van der Waals surface area (Å²) in [6.45, 7) is 0. The van der Waals surface area contributed by atoms with Crippen LogP contribution < -0.4 is 0 Å². The van der Waals surface area contributed by atoms with E-state index in [9.17, 15) is 4.79 Å². The topological polar surface area (TPSA) is 44.1 Å². The molecule has 1 aromatic rings. The van der Waals surface area contributed by atoms with Crippen LogP contribution in [0.2, 0.25) is 0 Å². The van der Waals surface area contributed by atoms with E-state index in [4.69, 9.17) is 5.26 Å². The third-order valence-electron chi connectivity index (χ3n) is 1.93. The Bertz CT molecular complexity index is 427. The van der Waals surface area contributed by atoms with Crippen molar-refractivity contribution >= 4 is 12.0 Å². The molecule has 0 saturated heterocycles. The predicted octanol–water partition coefficient (Wildman–Crippen LogP) is 1.66. The van der Waals surface area contributed by atoms with Gasteiger partial charge in [0.05, 0.1) is 11.6 Å². The third kappa shape index (κ3) is 2.96. The molecule has 0 saturated carbocycles. The second-order valence-electron chi connectivity index (χ2n) is 3.27. The summed E-state index contributed by atoms with van der Waals surface area (Å²) in [5, 5.41) is 8.81. The Morgan fingerprint density at radius 3 is 2.67 bits per heavy atom. The van der Waals surface area contributed by atoms with Crippen LogP contribution in [0.1, 0.15) is 11.1 Å². The molecule has 1 amide bonds. The molecule has 0 atom stereocenters. The van der Waals surface area contributed by atoms with Gasteiger partial charge in [-0.2, -0.15) is 5.26 Å². The first kappa shape index (κ1) is 11.0. The van der Waals surface area contributed by atoms with Crippen molar-refractivity contribution in [1.82, 2.24) is 4.90 Å². The fourth-order valence-electron chi connectivity index (χ4n) is 1.05. The molecule has 0 aliphatic rings. The predicted molar refractivity (Wildman–Crippen MR) is 58.9 cm³/mol. The van der Waals surface area contributed by atoms with Crippen molar-refractivity contribution in [2.75, 3.05) is 14.1 Å². The number of rotatable bonds is 2. The largest absolute Gasteiger partial charge is 0.345 e. The van der Waals surface area contributed by atoms with Gasteiger partial charge in [0.25, 0.3) is 0 Å². The standard InChI is InChI=1S/C12H12N2O/c1-14(2)12(15)8-7-10-5-3-4-6-11(10)9-13/h3-8H,1-2H3/b8-7+. The highest BCUT2D eigenvalue weighted by Crippen LogP contribution is 2.09. The zero-order chi connectivity index (χ0) is 11.3. The van der Waals surface area contributed by atoms with E-state index in [0.29, 0.717) is 5.56 Å². The second-order valence-corrected chi connectivity index (χ2v) is 3.27. The smallest absolute Gasteiger partial charge is 0.246 e. The van der Waals surface area contributed by atoms with Crippen LogP contribution in [-0.2, 0) is 4.79 Å². The van der Waals surface area contributed by atoms with E-state index in [1.54, 1.807) is 38.4 Å². The lowest BCUT2D eigenvalue weighted by atomic mass is 10.1. The van der Waals surface area contributed by atoms with Crippen LogP contribution in [0.3, 0.4) is 0 Å². The van der Waals surface area contributed by atoms with Crippen molar-refractivity contribution in [3.05, 3.63) is 41.5 Å². The van der Waals surface area contributed by atoms with Gasteiger partial charge in [-0.15, -0.1) is 0 Å².